The van der Waals surface area contributed by atoms with Crippen LogP contribution in [-0.2, 0) is 0 Å². The van der Waals surface area contributed by atoms with Crippen molar-refractivity contribution < 1.29 is 4.39 Å². The quantitative estimate of drug-likeness (QED) is 0.833. The summed E-state index contributed by atoms with van der Waals surface area (Å²) >= 11 is 0. The molecule has 1 aromatic carbocycles. The maximum Gasteiger partial charge on any atom is 0.123 e. The van der Waals surface area contributed by atoms with E-state index in [0.717, 1.165) is 24.7 Å². The first-order valence-electron chi connectivity index (χ1n) is 7.46. The van der Waals surface area contributed by atoms with E-state index in [2.05, 4.69) is 36.0 Å². The van der Waals surface area contributed by atoms with Gasteiger partial charge in [0.05, 0.1) is 0 Å². The van der Waals surface area contributed by atoms with E-state index >= 15 is 0 Å². The summed E-state index contributed by atoms with van der Waals surface area (Å²) in [7, 11) is 4.35. The molecule has 2 nitrogen and oxygen atoms in total. The Morgan fingerprint density at radius 3 is 2.65 bits per heavy atom. The highest BCUT2D eigenvalue weighted by molar-refractivity contribution is 5.48. The molecule has 0 unspecified atom stereocenters. The van der Waals surface area contributed by atoms with Gasteiger partial charge >= 0.3 is 0 Å². The van der Waals surface area contributed by atoms with E-state index in [-0.39, 0.29) is 5.82 Å². The molecule has 0 N–H and O–H groups in total. The maximum atomic E-state index is 12.8. The number of hydrogen-bond acceptors (Lipinski definition) is 2. The first-order valence-corrected chi connectivity index (χ1v) is 7.46. The van der Waals surface area contributed by atoms with Crippen LogP contribution in [0.25, 0.3) is 6.08 Å². The minimum absolute atomic E-state index is 0.176. The lowest BCUT2D eigenvalue weighted by Gasteiger charge is -2.22. The predicted octanol–water partition coefficient (Wildman–Crippen LogP) is 3.26. The van der Waals surface area contributed by atoms with E-state index < -0.39 is 0 Å². The second kappa shape index (κ2) is 7.55. The Hall–Kier alpha value is -1.19. The van der Waals surface area contributed by atoms with Crippen molar-refractivity contribution >= 4 is 6.08 Å². The van der Waals surface area contributed by atoms with Gasteiger partial charge in [-0.3, -0.25) is 4.90 Å². The van der Waals surface area contributed by atoms with Crippen LogP contribution in [0.3, 0.4) is 0 Å². The van der Waals surface area contributed by atoms with Crippen LogP contribution in [0.5, 0.6) is 0 Å². The Bertz CT molecular complexity index is 425. The van der Waals surface area contributed by atoms with Gasteiger partial charge in [0, 0.05) is 12.6 Å². The summed E-state index contributed by atoms with van der Waals surface area (Å²) in [5, 5.41) is 0. The van der Waals surface area contributed by atoms with Crippen LogP contribution < -0.4 is 0 Å². The zero-order valence-corrected chi connectivity index (χ0v) is 12.6. The number of benzene rings is 1. The molecule has 1 aromatic rings. The summed E-state index contributed by atoms with van der Waals surface area (Å²) in [5.74, 6) is -0.176. The molecule has 1 aliphatic heterocycles. The van der Waals surface area contributed by atoms with Crippen molar-refractivity contribution in [3.8, 4) is 0 Å². The smallest absolute Gasteiger partial charge is 0.123 e. The molecule has 0 saturated carbocycles. The molecule has 1 saturated heterocycles. The third-order valence-corrected chi connectivity index (χ3v) is 4.06. The van der Waals surface area contributed by atoms with Crippen LogP contribution in [0.4, 0.5) is 4.39 Å². The Labute approximate surface area is 121 Å². The van der Waals surface area contributed by atoms with Crippen molar-refractivity contribution in [2.75, 3.05) is 33.7 Å². The second-order valence-electron chi connectivity index (χ2n) is 5.80. The SMILES string of the molecule is CN(C)[C@H]1CCCN(C/C=C/c2ccc(F)cc2)CC1. The summed E-state index contributed by atoms with van der Waals surface area (Å²) in [6.07, 6.45) is 8.08. The molecule has 0 bridgehead atoms. The molecule has 2 rings (SSSR count). The highest BCUT2D eigenvalue weighted by Gasteiger charge is 2.17. The minimum Gasteiger partial charge on any atom is -0.306 e. The molecule has 1 heterocycles. The molecule has 1 atom stereocenters. The molecule has 3 heteroatoms. The standard InChI is InChI=1S/C17H25FN2/c1-19(2)17-6-4-13-20(14-11-17)12-3-5-15-7-9-16(18)10-8-15/h3,5,7-10,17H,4,6,11-14H2,1-2H3/b5-3+/t17-/m0/s1. The third-order valence-electron chi connectivity index (χ3n) is 4.06. The Morgan fingerprint density at radius 2 is 1.95 bits per heavy atom. The van der Waals surface area contributed by atoms with Gasteiger partial charge in [0.25, 0.3) is 0 Å². The minimum atomic E-state index is -0.176. The monoisotopic (exact) mass is 276 g/mol. The van der Waals surface area contributed by atoms with Crippen LogP contribution >= 0.6 is 0 Å². The second-order valence-corrected chi connectivity index (χ2v) is 5.80. The average molecular weight is 276 g/mol. The zero-order chi connectivity index (χ0) is 14.4. The number of likely N-dealkylation sites (tertiary alicyclic amines) is 1. The highest BCUT2D eigenvalue weighted by atomic mass is 19.1. The van der Waals surface area contributed by atoms with Crippen molar-refractivity contribution in [2.24, 2.45) is 0 Å². The van der Waals surface area contributed by atoms with Gasteiger partial charge in [-0.25, -0.2) is 4.39 Å². The molecular weight excluding hydrogens is 251 g/mol. The largest absolute Gasteiger partial charge is 0.306 e. The first kappa shape index (κ1) is 15.2. The normalized spacial score (nSPS) is 21.5. The third kappa shape index (κ3) is 4.73. The van der Waals surface area contributed by atoms with Crippen molar-refractivity contribution in [1.29, 1.82) is 0 Å². The van der Waals surface area contributed by atoms with Crippen LogP contribution in [0.2, 0.25) is 0 Å². The molecule has 0 radical (unpaired) electrons. The van der Waals surface area contributed by atoms with E-state index in [1.807, 2.05) is 12.1 Å². The zero-order valence-electron chi connectivity index (χ0n) is 12.6. The Kier molecular flexibility index (Phi) is 5.74. The number of nitrogens with zero attached hydrogens (tertiary/aromatic N) is 2. The Morgan fingerprint density at radius 1 is 1.20 bits per heavy atom. The lowest BCUT2D eigenvalue weighted by atomic mass is 10.1. The van der Waals surface area contributed by atoms with Crippen LogP contribution in [0.15, 0.2) is 30.3 Å². The fourth-order valence-corrected chi connectivity index (χ4v) is 2.75. The van der Waals surface area contributed by atoms with Gasteiger partial charge in [0.1, 0.15) is 5.82 Å². The molecule has 1 aliphatic rings. The van der Waals surface area contributed by atoms with E-state index in [1.54, 1.807) is 0 Å². The van der Waals surface area contributed by atoms with E-state index in [0.29, 0.717) is 0 Å². The molecule has 0 amide bonds. The van der Waals surface area contributed by atoms with Gasteiger partial charge in [-0.1, -0.05) is 24.3 Å². The number of halogens is 1. The summed E-state index contributed by atoms with van der Waals surface area (Å²) in [6, 6.07) is 7.37. The van der Waals surface area contributed by atoms with E-state index in [1.165, 1.54) is 37.9 Å². The summed E-state index contributed by atoms with van der Waals surface area (Å²) < 4.78 is 12.8. The van der Waals surface area contributed by atoms with Gasteiger partial charge in [0.2, 0.25) is 0 Å². The lowest BCUT2D eigenvalue weighted by Crippen LogP contribution is -2.30. The van der Waals surface area contributed by atoms with Gasteiger partial charge in [-0.05, 0) is 64.1 Å². The fraction of sp³-hybridized carbons (Fsp3) is 0.529. The maximum absolute atomic E-state index is 12.8. The first-order chi connectivity index (χ1) is 9.65. The molecule has 0 aliphatic carbocycles. The molecular formula is C17H25FN2. The summed E-state index contributed by atoms with van der Waals surface area (Å²) in [5.41, 5.74) is 1.06. The molecule has 0 spiro atoms. The van der Waals surface area contributed by atoms with Crippen molar-refractivity contribution in [3.63, 3.8) is 0 Å². The van der Waals surface area contributed by atoms with Crippen LogP contribution in [0, 0.1) is 5.82 Å². The fourth-order valence-electron chi connectivity index (χ4n) is 2.75. The Balaban J connectivity index is 1.80. The van der Waals surface area contributed by atoms with E-state index in [4.69, 9.17) is 0 Å². The van der Waals surface area contributed by atoms with Gasteiger partial charge < -0.3 is 4.90 Å². The predicted molar refractivity (Wildman–Crippen MR) is 83.2 cm³/mol. The molecule has 110 valence electrons. The van der Waals surface area contributed by atoms with Crippen molar-refractivity contribution in [2.45, 2.75) is 25.3 Å². The summed E-state index contributed by atoms with van der Waals surface area (Å²) in [4.78, 5) is 4.85. The molecule has 0 aromatic heterocycles. The topological polar surface area (TPSA) is 6.48 Å². The summed E-state index contributed by atoms with van der Waals surface area (Å²) in [6.45, 7) is 3.33. The molecule has 1 fully saturated rings. The van der Waals surface area contributed by atoms with Gasteiger partial charge in [-0.2, -0.15) is 0 Å². The van der Waals surface area contributed by atoms with Crippen molar-refractivity contribution in [1.82, 2.24) is 9.80 Å². The number of rotatable bonds is 4. The number of hydrogen-bond donors (Lipinski definition) is 0. The van der Waals surface area contributed by atoms with Gasteiger partial charge in [-0.15, -0.1) is 0 Å². The average Bonchev–Trinajstić information content (AvgIpc) is 2.67. The van der Waals surface area contributed by atoms with Crippen molar-refractivity contribution in [3.05, 3.63) is 41.7 Å². The van der Waals surface area contributed by atoms with Crippen LogP contribution in [0.1, 0.15) is 24.8 Å². The highest BCUT2D eigenvalue weighted by Crippen LogP contribution is 2.14. The van der Waals surface area contributed by atoms with E-state index in [9.17, 15) is 4.39 Å². The van der Waals surface area contributed by atoms with Crippen LogP contribution in [-0.4, -0.2) is 49.6 Å². The van der Waals surface area contributed by atoms with Gasteiger partial charge in [0.15, 0.2) is 0 Å². The molecule has 20 heavy (non-hydrogen) atoms. The lowest BCUT2D eigenvalue weighted by molar-refractivity contribution is 0.257.